The minimum atomic E-state index is 0.260. The molecule has 0 saturated heterocycles. The molecule has 1 rings (SSSR count). The molecule has 0 aliphatic rings. The largest absolute Gasteiger partial charge is 0.381 e. The van der Waals surface area contributed by atoms with E-state index in [0.717, 1.165) is 0 Å². The third kappa shape index (κ3) is 2.13. The molecule has 0 aliphatic heterocycles. The number of nitrogens with zero attached hydrogens (tertiary/aromatic N) is 2. The summed E-state index contributed by atoms with van der Waals surface area (Å²) in [4.78, 5) is 7.83. The first-order valence-electron chi connectivity index (χ1n) is 3.39. The summed E-state index contributed by atoms with van der Waals surface area (Å²) in [6.45, 7) is 0. The molecular weight excluding hydrogens is 172 g/mol. The van der Waals surface area contributed by atoms with Gasteiger partial charge in [0.15, 0.2) is 11.6 Å². The van der Waals surface area contributed by atoms with Gasteiger partial charge in [0.2, 0.25) is 0 Å². The van der Waals surface area contributed by atoms with Crippen LogP contribution in [-0.4, -0.2) is 15.7 Å². The molecule has 0 aliphatic carbocycles. The highest BCUT2D eigenvalue weighted by atomic mass is 32.1. The Morgan fingerprint density at radius 2 is 2.17 bits per heavy atom. The van der Waals surface area contributed by atoms with Gasteiger partial charge in [0, 0.05) is 5.75 Å². The van der Waals surface area contributed by atoms with Gasteiger partial charge >= 0.3 is 0 Å². The predicted octanol–water partition coefficient (Wildman–Crippen LogP) is 0.584. The third-order valence-electron chi connectivity index (χ3n) is 1.24. The highest BCUT2D eigenvalue weighted by Gasteiger charge is 1.96. The number of hydrogen-bond donors (Lipinski definition) is 3. The Bertz CT molecular complexity index is 297. The molecule has 1 heterocycles. The molecular formula is C7H10N4S. The van der Waals surface area contributed by atoms with E-state index < -0.39 is 0 Å². The summed E-state index contributed by atoms with van der Waals surface area (Å²) >= 11 is 4.01. The molecule has 64 valence electrons. The average Bonchev–Trinajstić information content (AvgIpc) is 2.07. The second-order valence-electron chi connectivity index (χ2n) is 2.15. The van der Waals surface area contributed by atoms with E-state index in [1.807, 2.05) is 6.08 Å². The molecule has 0 aromatic carbocycles. The standard InChI is InChI=1S/C7H10N4S/c8-6-7(9)11-5(4-10-6)2-1-3-12/h1-2,4,12H,3H2,(H2,8,10)(H2,9,11). The lowest BCUT2D eigenvalue weighted by Crippen LogP contribution is -2.01. The molecule has 5 heteroatoms. The fourth-order valence-corrected chi connectivity index (χ4v) is 0.786. The van der Waals surface area contributed by atoms with Crippen LogP contribution < -0.4 is 11.5 Å². The van der Waals surface area contributed by atoms with E-state index in [1.54, 1.807) is 12.3 Å². The second kappa shape index (κ2) is 3.96. The smallest absolute Gasteiger partial charge is 0.166 e. The van der Waals surface area contributed by atoms with Gasteiger partial charge in [0.05, 0.1) is 11.9 Å². The highest BCUT2D eigenvalue weighted by Crippen LogP contribution is 2.07. The Labute approximate surface area is 76.1 Å². The van der Waals surface area contributed by atoms with Crippen LogP contribution >= 0.6 is 12.6 Å². The van der Waals surface area contributed by atoms with Crippen molar-refractivity contribution in [1.29, 1.82) is 0 Å². The molecule has 0 bridgehead atoms. The summed E-state index contributed by atoms with van der Waals surface area (Å²) in [5, 5.41) is 0. The third-order valence-corrected chi connectivity index (χ3v) is 1.45. The SMILES string of the molecule is Nc1ncc(C=CCS)nc1N. The Kier molecular flexibility index (Phi) is 2.93. The predicted molar refractivity (Wildman–Crippen MR) is 53.7 cm³/mol. The molecule has 4 nitrogen and oxygen atoms in total. The zero-order valence-corrected chi connectivity index (χ0v) is 7.33. The number of nitrogen functional groups attached to an aromatic ring is 2. The van der Waals surface area contributed by atoms with Crippen molar-refractivity contribution in [1.82, 2.24) is 9.97 Å². The van der Waals surface area contributed by atoms with Crippen LogP contribution in [0.15, 0.2) is 12.3 Å². The normalized spacial score (nSPS) is 10.8. The lowest BCUT2D eigenvalue weighted by molar-refractivity contribution is 1.20. The summed E-state index contributed by atoms with van der Waals surface area (Å²) in [6.07, 6.45) is 5.20. The summed E-state index contributed by atoms with van der Waals surface area (Å²) < 4.78 is 0. The molecule has 0 saturated carbocycles. The van der Waals surface area contributed by atoms with Crippen molar-refractivity contribution in [2.24, 2.45) is 0 Å². The molecule has 0 radical (unpaired) electrons. The van der Waals surface area contributed by atoms with Crippen LogP contribution in [0.1, 0.15) is 5.69 Å². The molecule has 1 aromatic heterocycles. The first kappa shape index (κ1) is 8.86. The van der Waals surface area contributed by atoms with Crippen molar-refractivity contribution in [2.75, 3.05) is 17.2 Å². The fourth-order valence-electron chi connectivity index (χ4n) is 0.681. The van der Waals surface area contributed by atoms with E-state index >= 15 is 0 Å². The molecule has 1 aromatic rings. The number of thiol groups is 1. The van der Waals surface area contributed by atoms with Crippen molar-refractivity contribution in [3.63, 3.8) is 0 Å². The van der Waals surface area contributed by atoms with Gasteiger partial charge < -0.3 is 11.5 Å². The highest BCUT2D eigenvalue weighted by molar-refractivity contribution is 7.80. The van der Waals surface area contributed by atoms with Crippen LogP contribution in [0.3, 0.4) is 0 Å². The topological polar surface area (TPSA) is 77.8 Å². The van der Waals surface area contributed by atoms with Crippen LogP contribution in [0.2, 0.25) is 0 Å². The summed E-state index contributed by atoms with van der Waals surface area (Å²) in [6, 6.07) is 0. The molecule has 0 spiro atoms. The first-order valence-corrected chi connectivity index (χ1v) is 4.02. The monoisotopic (exact) mass is 182 g/mol. The quantitative estimate of drug-likeness (QED) is 0.585. The maximum Gasteiger partial charge on any atom is 0.166 e. The number of anilines is 2. The van der Waals surface area contributed by atoms with Gasteiger partial charge in [-0.3, -0.25) is 0 Å². The van der Waals surface area contributed by atoms with Gasteiger partial charge in [-0.05, 0) is 6.08 Å². The maximum atomic E-state index is 5.44. The van der Waals surface area contributed by atoms with Gasteiger partial charge in [-0.1, -0.05) is 6.08 Å². The van der Waals surface area contributed by atoms with Crippen molar-refractivity contribution in [3.8, 4) is 0 Å². The van der Waals surface area contributed by atoms with Crippen LogP contribution in [0.5, 0.6) is 0 Å². The van der Waals surface area contributed by atoms with Gasteiger partial charge in [0.1, 0.15) is 0 Å². The van der Waals surface area contributed by atoms with Crippen LogP contribution in [0, 0.1) is 0 Å². The van der Waals surface area contributed by atoms with Crippen molar-refractivity contribution in [3.05, 3.63) is 18.0 Å². The zero-order chi connectivity index (χ0) is 8.97. The molecule has 0 amide bonds. The van der Waals surface area contributed by atoms with E-state index in [1.165, 1.54) is 0 Å². The fraction of sp³-hybridized carbons (Fsp3) is 0.143. The van der Waals surface area contributed by atoms with Gasteiger partial charge in [0.25, 0.3) is 0 Å². The van der Waals surface area contributed by atoms with Gasteiger partial charge in [-0.15, -0.1) is 0 Å². The Morgan fingerprint density at radius 1 is 1.42 bits per heavy atom. The molecule has 0 fully saturated rings. The molecule has 0 atom stereocenters. The number of nitrogens with two attached hydrogens (primary N) is 2. The van der Waals surface area contributed by atoms with Crippen molar-refractivity contribution < 1.29 is 0 Å². The average molecular weight is 182 g/mol. The zero-order valence-electron chi connectivity index (χ0n) is 6.44. The van der Waals surface area contributed by atoms with Crippen molar-refractivity contribution >= 4 is 30.3 Å². The number of hydrogen-bond acceptors (Lipinski definition) is 5. The van der Waals surface area contributed by atoms with E-state index in [9.17, 15) is 0 Å². The Hall–Kier alpha value is -1.23. The Morgan fingerprint density at radius 3 is 2.75 bits per heavy atom. The van der Waals surface area contributed by atoms with E-state index in [2.05, 4.69) is 22.6 Å². The van der Waals surface area contributed by atoms with Gasteiger partial charge in [-0.2, -0.15) is 12.6 Å². The molecule has 0 unspecified atom stereocenters. The number of aromatic nitrogens is 2. The van der Waals surface area contributed by atoms with Crippen LogP contribution in [0.4, 0.5) is 11.6 Å². The van der Waals surface area contributed by atoms with Crippen molar-refractivity contribution in [2.45, 2.75) is 0 Å². The second-order valence-corrected chi connectivity index (χ2v) is 2.52. The summed E-state index contributed by atoms with van der Waals surface area (Å²) in [5.41, 5.74) is 11.5. The summed E-state index contributed by atoms with van der Waals surface area (Å²) in [5.74, 6) is 1.18. The first-order chi connectivity index (χ1) is 5.74. The lowest BCUT2D eigenvalue weighted by atomic mass is 10.4. The van der Waals surface area contributed by atoms with E-state index in [4.69, 9.17) is 11.5 Å². The summed E-state index contributed by atoms with van der Waals surface area (Å²) in [7, 11) is 0. The maximum absolute atomic E-state index is 5.44. The van der Waals surface area contributed by atoms with Crippen LogP contribution in [-0.2, 0) is 0 Å². The lowest BCUT2D eigenvalue weighted by Gasteiger charge is -1.97. The minimum absolute atomic E-state index is 0.260. The van der Waals surface area contributed by atoms with Crippen LogP contribution in [0.25, 0.3) is 6.08 Å². The van der Waals surface area contributed by atoms with E-state index in [-0.39, 0.29) is 11.6 Å². The molecule has 12 heavy (non-hydrogen) atoms. The Balaban J connectivity index is 2.89. The van der Waals surface area contributed by atoms with Gasteiger partial charge in [-0.25, -0.2) is 9.97 Å². The number of rotatable bonds is 2. The van der Waals surface area contributed by atoms with E-state index in [0.29, 0.717) is 11.4 Å². The minimum Gasteiger partial charge on any atom is -0.381 e. The molecule has 4 N–H and O–H groups in total.